The molecule has 1 aliphatic rings. The summed E-state index contributed by atoms with van der Waals surface area (Å²) in [5.74, 6) is 2.43. The number of allylic oxidation sites excluding steroid dienone is 1. The molecule has 22 heavy (non-hydrogen) atoms. The lowest BCUT2D eigenvalue weighted by Crippen LogP contribution is -2.12. The number of benzene rings is 1. The highest BCUT2D eigenvalue weighted by Gasteiger charge is 2.24. The molecule has 5 nitrogen and oxygen atoms in total. The fraction of sp³-hybridized carbons (Fsp3) is 0.412. The normalized spacial score (nSPS) is 14.0. The number of hydrogen-bond acceptors (Lipinski definition) is 4. The number of aryl methyl sites for hydroxylation is 1. The predicted octanol–water partition coefficient (Wildman–Crippen LogP) is 3.19. The minimum atomic E-state index is 0.642. The number of nitrogens with zero attached hydrogens (tertiary/aromatic N) is 4. The molecular weight excluding hydrogens is 274 g/mol. The SMILES string of the molecule is C=C(Nc1ccc(-c2nnc(C)n2C)c(N(C)C)c1)C1CC1. The monoisotopic (exact) mass is 297 g/mol. The number of aromatic nitrogens is 3. The highest BCUT2D eigenvalue weighted by atomic mass is 15.3. The maximum Gasteiger partial charge on any atom is 0.165 e. The Morgan fingerprint density at radius 2 is 2.05 bits per heavy atom. The highest BCUT2D eigenvalue weighted by Crippen LogP contribution is 2.37. The summed E-state index contributed by atoms with van der Waals surface area (Å²) >= 11 is 0. The van der Waals surface area contributed by atoms with Gasteiger partial charge < -0.3 is 14.8 Å². The van der Waals surface area contributed by atoms with Crippen LogP contribution in [0.25, 0.3) is 11.4 Å². The molecule has 0 aliphatic heterocycles. The summed E-state index contributed by atoms with van der Waals surface area (Å²) in [7, 11) is 6.08. The lowest BCUT2D eigenvalue weighted by atomic mass is 10.1. The summed E-state index contributed by atoms with van der Waals surface area (Å²) in [6, 6.07) is 6.33. The Balaban J connectivity index is 1.96. The Hall–Kier alpha value is -2.30. The van der Waals surface area contributed by atoms with Gasteiger partial charge >= 0.3 is 0 Å². The maximum absolute atomic E-state index is 4.31. The molecule has 1 fully saturated rings. The van der Waals surface area contributed by atoms with Gasteiger partial charge in [0.05, 0.1) is 0 Å². The lowest BCUT2D eigenvalue weighted by Gasteiger charge is -2.19. The second kappa shape index (κ2) is 5.48. The van der Waals surface area contributed by atoms with Crippen molar-refractivity contribution in [3.8, 4) is 11.4 Å². The van der Waals surface area contributed by atoms with Crippen LogP contribution in [-0.4, -0.2) is 28.9 Å². The standard InChI is InChI=1S/C17H23N5/c1-11(13-6-7-13)18-14-8-9-15(16(10-14)21(3)4)17-20-19-12(2)22(17)5/h8-10,13,18H,1,6-7H2,2-5H3. The molecule has 0 bridgehead atoms. The van der Waals surface area contributed by atoms with Crippen molar-refractivity contribution in [2.45, 2.75) is 19.8 Å². The first kappa shape index (κ1) is 14.6. The van der Waals surface area contributed by atoms with Gasteiger partial charge in [-0.15, -0.1) is 10.2 Å². The van der Waals surface area contributed by atoms with Gasteiger partial charge in [0.1, 0.15) is 5.82 Å². The molecule has 3 rings (SSSR count). The van der Waals surface area contributed by atoms with Gasteiger partial charge in [0.15, 0.2) is 5.82 Å². The molecule has 0 amide bonds. The van der Waals surface area contributed by atoms with E-state index >= 15 is 0 Å². The summed E-state index contributed by atoms with van der Waals surface area (Å²) in [6.45, 7) is 6.09. The fourth-order valence-electron chi connectivity index (χ4n) is 2.53. The van der Waals surface area contributed by atoms with Crippen LogP contribution in [0.5, 0.6) is 0 Å². The largest absolute Gasteiger partial charge is 0.377 e. The third kappa shape index (κ3) is 2.71. The molecular formula is C17H23N5. The average Bonchev–Trinajstić information content (AvgIpc) is 3.27. The van der Waals surface area contributed by atoms with Gasteiger partial charge in [-0.25, -0.2) is 0 Å². The van der Waals surface area contributed by atoms with Crippen LogP contribution in [0.2, 0.25) is 0 Å². The van der Waals surface area contributed by atoms with Crippen LogP contribution in [0.1, 0.15) is 18.7 Å². The topological polar surface area (TPSA) is 46.0 Å². The molecule has 0 atom stereocenters. The summed E-state index contributed by atoms with van der Waals surface area (Å²) in [5, 5.41) is 11.9. The summed E-state index contributed by atoms with van der Waals surface area (Å²) < 4.78 is 2.01. The number of nitrogens with one attached hydrogen (secondary N) is 1. The molecule has 0 spiro atoms. The first-order valence-corrected chi connectivity index (χ1v) is 7.61. The van der Waals surface area contributed by atoms with E-state index in [1.165, 1.54) is 12.8 Å². The maximum atomic E-state index is 4.31. The van der Waals surface area contributed by atoms with Gasteiger partial charge in [0, 0.05) is 43.8 Å². The number of rotatable bonds is 5. The van der Waals surface area contributed by atoms with E-state index in [0.717, 1.165) is 34.3 Å². The molecule has 0 radical (unpaired) electrons. The minimum absolute atomic E-state index is 0.642. The van der Waals surface area contributed by atoms with Crippen molar-refractivity contribution in [2.24, 2.45) is 13.0 Å². The summed E-state index contributed by atoms with van der Waals surface area (Å²) in [4.78, 5) is 2.10. The van der Waals surface area contributed by atoms with Crippen molar-refractivity contribution in [2.75, 3.05) is 24.3 Å². The van der Waals surface area contributed by atoms with Crippen LogP contribution < -0.4 is 10.2 Å². The third-order valence-corrected chi connectivity index (χ3v) is 4.19. The van der Waals surface area contributed by atoms with Crippen molar-refractivity contribution in [1.29, 1.82) is 0 Å². The smallest absolute Gasteiger partial charge is 0.165 e. The first-order chi connectivity index (χ1) is 10.5. The molecule has 1 aliphatic carbocycles. The van der Waals surface area contributed by atoms with Gasteiger partial charge in [-0.05, 0) is 43.9 Å². The zero-order valence-corrected chi connectivity index (χ0v) is 13.7. The highest BCUT2D eigenvalue weighted by molar-refractivity contribution is 5.78. The van der Waals surface area contributed by atoms with Gasteiger partial charge in [-0.2, -0.15) is 0 Å². The molecule has 0 saturated heterocycles. The number of hydrogen-bond donors (Lipinski definition) is 1. The van der Waals surface area contributed by atoms with E-state index < -0.39 is 0 Å². The van der Waals surface area contributed by atoms with Crippen molar-refractivity contribution in [3.63, 3.8) is 0 Å². The second-order valence-electron chi connectivity index (χ2n) is 6.18. The van der Waals surface area contributed by atoms with E-state index in [1.807, 2.05) is 32.6 Å². The Kier molecular flexibility index (Phi) is 3.64. The van der Waals surface area contributed by atoms with E-state index in [-0.39, 0.29) is 0 Å². The molecule has 116 valence electrons. The summed E-state index contributed by atoms with van der Waals surface area (Å²) in [6.07, 6.45) is 2.51. The molecule has 1 saturated carbocycles. The van der Waals surface area contributed by atoms with Gasteiger partial charge in [0.25, 0.3) is 0 Å². The van der Waals surface area contributed by atoms with Crippen molar-refractivity contribution < 1.29 is 0 Å². The lowest BCUT2D eigenvalue weighted by molar-refractivity contribution is 0.864. The quantitative estimate of drug-likeness (QED) is 0.920. The molecule has 2 aromatic rings. The molecule has 1 N–H and O–H groups in total. The first-order valence-electron chi connectivity index (χ1n) is 7.61. The molecule has 1 heterocycles. The van der Waals surface area contributed by atoms with Crippen molar-refractivity contribution in [1.82, 2.24) is 14.8 Å². The number of anilines is 2. The van der Waals surface area contributed by atoms with Crippen LogP contribution >= 0.6 is 0 Å². The van der Waals surface area contributed by atoms with Crippen LogP contribution in [0.4, 0.5) is 11.4 Å². The van der Waals surface area contributed by atoms with E-state index in [9.17, 15) is 0 Å². The Labute approximate surface area is 131 Å². The Morgan fingerprint density at radius 1 is 1.32 bits per heavy atom. The molecule has 1 aromatic heterocycles. The zero-order valence-electron chi connectivity index (χ0n) is 13.7. The van der Waals surface area contributed by atoms with E-state index in [2.05, 4.69) is 45.2 Å². The van der Waals surface area contributed by atoms with Gasteiger partial charge in [0.2, 0.25) is 0 Å². The van der Waals surface area contributed by atoms with E-state index in [4.69, 9.17) is 0 Å². The molecule has 5 heteroatoms. The molecule has 1 aromatic carbocycles. The fourth-order valence-corrected chi connectivity index (χ4v) is 2.53. The van der Waals surface area contributed by atoms with Crippen LogP contribution in [0, 0.1) is 12.8 Å². The molecule has 0 unspecified atom stereocenters. The minimum Gasteiger partial charge on any atom is -0.377 e. The van der Waals surface area contributed by atoms with Gasteiger partial charge in [-0.1, -0.05) is 6.58 Å². The van der Waals surface area contributed by atoms with Crippen LogP contribution in [-0.2, 0) is 7.05 Å². The van der Waals surface area contributed by atoms with Crippen LogP contribution in [0.3, 0.4) is 0 Å². The second-order valence-corrected chi connectivity index (χ2v) is 6.18. The van der Waals surface area contributed by atoms with Crippen molar-refractivity contribution >= 4 is 11.4 Å². The average molecular weight is 297 g/mol. The summed E-state index contributed by atoms with van der Waals surface area (Å²) in [5.41, 5.74) is 4.38. The van der Waals surface area contributed by atoms with Crippen molar-refractivity contribution in [3.05, 3.63) is 36.3 Å². The van der Waals surface area contributed by atoms with E-state index in [0.29, 0.717) is 5.92 Å². The zero-order chi connectivity index (χ0) is 15.9. The van der Waals surface area contributed by atoms with Crippen LogP contribution in [0.15, 0.2) is 30.5 Å². The Bertz CT molecular complexity index is 710. The predicted molar refractivity (Wildman–Crippen MR) is 91.0 cm³/mol. The third-order valence-electron chi connectivity index (χ3n) is 4.19. The Morgan fingerprint density at radius 3 is 2.59 bits per heavy atom. The van der Waals surface area contributed by atoms with Gasteiger partial charge in [-0.3, -0.25) is 0 Å². The van der Waals surface area contributed by atoms with E-state index in [1.54, 1.807) is 0 Å².